The van der Waals surface area contributed by atoms with Crippen molar-refractivity contribution in [2.45, 2.75) is 58.2 Å². The topological polar surface area (TPSA) is 21.7 Å². The van der Waals surface area contributed by atoms with Gasteiger partial charge < -0.3 is 14.2 Å². The molecular formula is C33H34BNO2. The van der Waals surface area contributed by atoms with Gasteiger partial charge in [-0.2, -0.15) is 0 Å². The molecule has 0 saturated carbocycles. The number of benzene rings is 4. The van der Waals surface area contributed by atoms with Crippen LogP contribution in [0.15, 0.2) is 97.1 Å². The second kappa shape index (κ2) is 8.34. The molecule has 1 fully saturated rings. The molecule has 2 aliphatic rings. The van der Waals surface area contributed by atoms with Crippen LogP contribution in [0.3, 0.4) is 0 Å². The Hall–Kier alpha value is -3.34. The van der Waals surface area contributed by atoms with Crippen LogP contribution in [-0.2, 0) is 14.7 Å². The number of nitrogens with zero attached hydrogens (tertiary/aromatic N) is 1. The van der Waals surface area contributed by atoms with E-state index in [2.05, 4.69) is 144 Å². The molecule has 0 unspecified atom stereocenters. The predicted octanol–water partition coefficient (Wildman–Crippen LogP) is 7.76. The van der Waals surface area contributed by atoms with E-state index < -0.39 is 18.3 Å². The fourth-order valence-corrected chi connectivity index (χ4v) is 5.70. The van der Waals surface area contributed by atoms with Gasteiger partial charge in [-0.25, -0.2) is 0 Å². The lowest BCUT2D eigenvalue weighted by atomic mass is 9.77. The molecule has 1 aliphatic carbocycles. The average Bonchev–Trinajstić information content (AvgIpc) is 3.25. The van der Waals surface area contributed by atoms with Gasteiger partial charge in [-0.1, -0.05) is 80.6 Å². The van der Waals surface area contributed by atoms with Crippen LogP contribution in [0, 0.1) is 0 Å². The Balaban J connectivity index is 1.52. The highest BCUT2D eigenvalue weighted by atomic mass is 16.7. The molecular weight excluding hydrogens is 453 g/mol. The van der Waals surface area contributed by atoms with Crippen LogP contribution in [0.2, 0.25) is 0 Å². The highest BCUT2D eigenvalue weighted by Gasteiger charge is 2.52. The van der Waals surface area contributed by atoms with Crippen molar-refractivity contribution in [1.29, 1.82) is 0 Å². The van der Waals surface area contributed by atoms with E-state index in [9.17, 15) is 0 Å². The van der Waals surface area contributed by atoms with Crippen LogP contribution in [0.1, 0.15) is 52.7 Å². The van der Waals surface area contributed by atoms with Crippen LogP contribution in [-0.4, -0.2) is 18.3 Å². The van der Waals surface area contributed by atoms with Crippen LogP contribution in [0.25, 0.3) is 11.1 Å². The Morgan fingerprint density at radius 1 is 0.568 bits per heavy atom. The van der Waals surface area contributed by atoms with Crippen molar-refractivity contribution < 1.29 is 9.31 Å². The Kier molecular flexibility index (Phi) is 5.42. The van der Waals surface area contributed by atoms with Gasteiger partial charge in [0.2, 0.25) is 0 Å². The fourth-order valence-electron chi connectivity index (χ4n) is 5.70. The maximum absolute atomic E-state index is 6.51. The average molecular weight is 487 g/mol. The van der Waals surface area contributed by atoms with Gasteiger partial charge in [-0.3, -0.25) is 0 Å². The van der Waals surface area contributed by atoms with E-state index in [0.29, 0.717) is 0 Å². The molecule has 0 spiro atoms. The summed E-state index contributed by atoms with van der Waals surface area (Å²) in [5.41, 5.74) is 8.77. The normalized spacial score (nSPS) is 18.4. The van der Waals surface area contributed by atoms with Gasteiger partial charge in [0.15, 0.2) is 0 Å². The first-order valence-electron chi connectivity index (χ1n) is 13.1. The Morgan fingerprint density at radius 3 is 1.89 bits per heavy atom. The smallest absolute Gasteiger partial charge is 0.399 e. The molecule has 1 saturated heterocycles. The number of fused-ring (bicyclic) bond motifs is 3. The Bertz CT molecular complexity index is 1460. The van der Waals surface area contributed by atoms with Crippen LogP contribution >= 0.6 is 0 Å². The molecule has 4 aromatic rings. The van der Waals surface area contributed by atoms with Gasteiger partial charge in [0.25, 0.3) is 0 Å². The first-order chi connectivity index (χ1) is 17.6. The SMILES string of the molecule is CC1(C)c2ccccc2-c2ccc(N(c3ccccc3)c3ccccc3B3OC(C)(C)C(C)(C)O3)cc21. The van der Waals surface area contributed by atoms with E-state index in [1.807, 2.05) is 0 Å². The minimum atomic E-state index is -0.456. The van der Waals surface area contributed by atoms with Crippen molar-refractivity contribution in [3.8, 4) is 11.1 Å². The van der Waals surface area contributed by atoms with Crippen molar-refractivity contribution in [3.63, 3.8) is 0 Å². The van der Waals surface area contributed by atoms with Crippen LogP contribution < -0.4 is 10.4 Å². The van der Waals surface area contributed by atoms with Gasteiger partial charge in [0.05, 0.1) is 11.2 Å². The van der Waals surface area contributed by atoms with Crippen LogP contribution in [0.5, 0.6) is 0 Å². The van der Waals surface area contributed by atoms with Crippen molar-refractivity contribution in [2.24, 2.45) is 0 Å². The summed E-state index contributed by atoms with van der Waals surface area (Å²) in [7, 11) is -0.456. The van der Waals surface area contributed by atoms with Crippen molar-refractivity contribution >= 4 is 29.6 Å². The molecule has 1 aliphatic heterocycles. The van der Waals surface area contributed by atoms with Crippen molar-refractivity contribution in [3.05, 3.63) is 108 Å². The third-order valence-corrected chi connectivity index (χ3v) is 8.52. The first-order valence-corrected chi connectivity index (χ1v) is 13.1. The summed E-state index contributed by atoms with van der Waals surface area (Å²) < 4.78 is 13.0. The summed E-state index contributed by atoms with van der Waals surface area (Å²) >= 11 is 0. The summed E-state index contributed by atoms with van der Waals surface area (Å²) in [6.45, 7) is 13.1. The molecule has 4 aromatic carbocycles. The quantitative estimate of drug-likeness (QED) is 0.275. The molecule has 0 bridgehead atoms. The predicted molar refractivity (Wildman–Crippen MR) is 154 cm³/mol. The molecule has 0 amide bonds. The minimum absolute atomic E-state index is 0.0739. The van der Waals surface area contributed by atoms with Crippen LogP contribution in [0.4, 0.5) is 17.1 Å². The molecule has 0 aromatic heterocycles. The third-order valence-electron chi connectivity index (χ3n) is 8.52. The third kappa shape index (κ3) is 3.74. The molecule has 0 radical (unpaired) electrons. The number of hydrogen-bond donors (Lipinski definition) is 0. The van der Waals surface area contributed by atoms with E-state index in [1.165, 1.54) is 22.3 Å². The summed E-state index contributed by atoms with van der Waals surface area (Å²) in [5.74, 6) is 0. The summed E-state index contributed by atoms with van der Waals surface area (Å²) in [6.07, 6.45) is 0. The van der Waals surface area contributed by atoms with Crippen molar-refractivity contribution in [2.75, 3.05) is 4.90 Å². The Morgan fingerprint density at radius 2 is 1.16 bits per heavy atom. The van der Waals surface area contributed by atoms with Gasteiger partial charge in [-0.15, -0.1) is 0 Å². The molecule has 37 heavy (non-hydrogen) atoms. The summed E-state index contributed by atoms with van der Waals surface area (Å²) in [4.78, 5) is 2.33. The maximum atomic E-state index is 6.51. The second-order valence-corrected chi connectivity index (χ2v) is 11.7. The number of anilines is 3. The van der Waals surface area contributed by atoms with Gasteiger partial charge in [-0.05, 0) is 80.3 Å². The highest BCUT2D eigenvalue weighted by molar-refractivity contribution is 6.64. The second-order valence-electron chi connectivity index (χ2n) is 11.7. The lowest BCUT2D eigenvalue weighted by Crippen LogP contribution is -2.41. The molecule has 3 nitrogen and oxygen atoms in total. The molecule has 0 atom stereocenters. The molecule has 186 valence electrons. The van der Waals surface area contributed by atoms with E-state index in [1.54, 1.807) is 0 Å². The van der Waals surface area contributed by atoms with Crippen molar-refractivity contribution in [1.82, 2.24) is 0 Å². The molecule has 6 rings (SSSR count). The number of rotatable bonds is 4. The first kappa shape index (κ1) is 24.0. The minimum Gasteiger partial charge on any atom is -0.399 e. The van der Waals surface area contributed by atoms with E-state index >= 15 is 0 Å². The monoisotopic (exact) mass is 487 g/mol. The summed E-state index contributed by atoms with van der Waals surface area (Å²) in [6, 6.07) is 34.7. The van der Waals surface area contributed by atoms with E-state index in [-0.39, 0.29) is 5.41 Å². The highest BCUT2D eigenvalue weighted by Crippen LogP contribution is 2.50. The zero-order chi connectivity index (χ0) is 26.0. The lowest BCUT2D eigenvalue weighted by Gasteiger charge is -2.32. The zero-order valence-corrected chi connectivity index (χ0v) is 22.6. The van der Waals surface area contributed by atoms with E-state index in [4.69, 9.17) is 9.31 Å². The summed E-state index contributed by atoms with van der Waals surface area (Å²) in [5, 5.41) is 0. The number of para-hydroxylation sites is 2. The van der Waals surface area contributed by atoms with Gasteiger partial charge >= 0.3 is 7.12 Å². The maximum Gasteiger partial charge on any atom is 0.496 e. The fraction of sp³-hybridized carbons (Fsp3) is 0.273. The largest absolute Gasteiger partial charge is 0.496 e. The molecule has 4 heteroatoms. The van der Waals surface area contributed by atoms with Gasteiger partial charge in [0.1, 0.15) is 0 Å². The Labute approximate surface area is 221 Å². The lowest BCUT2D eigenvalue weighted by molar-refractivity contribution is 0.00578. The zero-order valence-electron chi connectivity index (χ0n) is 22.6. The van der Waals surface area contributed by atoms with Gasteiger partial charge in [0, 0.05) is 27.9 Å². The standard InChI is InChI=1S/C33H34BNO2/c1-31(2)27-17-11-10-16-25(27)26-21-20-24(22-28(26)31)35(23-14-8-7-9-15-23)30-19-13-12-18-29(30)34-36-32(3,4)33(5,6)37-34/h7-22H,1-6H3. The van der Waals surface area contributed by atoms with E-state index in [0.717, 1.165) is 22.5 Å². The number of hydrogen-bond acceptors (Lipinski definition) is 3. The molecule has 1 heterocycles. The molecule has 0 N–H and O–H groups in total.